The molecule has 0 atom stereocenters. The van der Waals surface area contributed by atoms with E-state index in [9.17, 15) is 0 Å². The zero-order valence-corrected chi connectivity index (χ0v) is 17.6. The van der Waals surface area contributed by atoms with E-state index >= 15 is 0 Å². The van der Waals surface area contributed by atoms with Gasteiger partial charge in [-0.3, -0.25) is 0 Å². The van der Waals surface area contributed by atoms with E-state index in [1.807, 2.05) is 6.92 Å². The molecule has 0 spiro atoms. The highest BCUT2D eigenvalue weighted by Crippen LogP contribution is 2.15. The molecule has 0 fully saturated rings. The first-order valence-electron chi connectivity index (χ1n) is 10.3. The normalized spacial score (nSPS) is 11.8. The van der Waals surface area contributed by atoms with Crippen LogP contribution in [0.5, 0.6) is 0 Å². The van der Waals surface area contributed by atoms with E-state index in [2.05, 4.69) is 20.4 Å². The lowest BCUT2D eigenvalue weighted by atomic mass is 10.1. The Bertz CT molecular complexity index is 254. The Morgan fingerprint density at radius 1 is 0.625 bits per heavy atom. The molecule has 4 heteroatoms. The van der Waals surface area contributed by atoms with E-state index < -0.39 is 8.80 Å². The fourth-order valence-corrected chi connectivity index (χ4v) is 4.56. The minimum absolute atomic E-state index is 0.616. The molecular formula is C20H42O3Si. The van der Waals surface area contributed by atoms with Crippen molar-refractivity contribution in [1.82, 2.24) is 0 Å². The smallest absolute Gasteiger partial charge is 0.371 e. The first-order chi connectivity index (χ1) is 11.7. The van der Waals surface area contributed by atoms with Crippen molar-refractivity contribution < 1.29 is 13.3 Å². The SMILES string of the molecule is C=C[Si](OCC)(OCCCCCCCC)OCCCCCCCC. The van der Waals surface area contributed by atoms with Crippen LogP contribution in [-0.4, -0.2) is 28.6 Å². The van der Waals surface area contributed by atoms with Crippen LogP contribution in [0.15, 0.2) is 12.3 Å². The van der Waals surface area contributed by atoms with Gasteiger partial charge >= 0.3 is 8.80 Å². The van der Waals surface area contributed by atoms with Crippen molar-refractivity contribution >= 4 is 8.80 Å². The zero-order valence-electron chi connectivity index (χ0n) is 16.6. The molecule has 24 heavy (non-hydrogen) atoms. The summed E-state index contributed by atoms with van der Waals surface area (Å²) in [5.41, 5.74) is 1.80. The Labute approximate surface area is 152 Å². The molecule has 0 amide bonds. The first kappa shape index (κ1) is 23.8. The summed E-state index contributed by atoms with van der Waals surface area (Å²) in [5.74, 6) is 0. The molecule has 0 aromatic rings. The number of hydrogen-bond donors (Lipinski definition) is 0. The summed E-state index contributed by atoms with van der Waals surface area (Å²) in [6.45, 7) is 12.5. The van der Waals surface area contributed by atoms with E-state index in [0.29, 0.717) is 6.61 Å². The van der Waals surface area contributed by atoms with Crippen molar-refractivity contribution in [3.8, 4) is 0 Å². The van der Waals surface area contributed by atoms with Crippen LogP contribution in [0.4, 0.5) is 0 Å². The molecule has 144 valence electrons. The van der Waals surface area contributed by atoms with Gasteiger partial charge < -0.3 is 13.3 Å². The van der Waals surface area contributed by atoms with Crippen molar-refractivity contribution in [1.29, 1.82) is 0 Å². The maximum Gasteiger partial charge on any atom is 0.529 e. The minimum atomic E-state index is -2.66. The van der Waals surface area contributed by atoms with E-state index in [0.717, 1.165) is 26.1 Å². The molecule has 0 rings (SSSR count). The highest BCUT2D eigenvalue weighted by molar-refractivity contribution is 6.66. The Kier molecular flexibility index (Phi) is 17.5. The molecule has 0 N–H and O–H groups in total. The van der Waals surface area contributed by atoms with Gasteiger partial charge in [-0.25, -0.2) is 0 Å². The number of hydrogen-bond acceptors (Lipinski definition) is 3. The summed E-state index contributed by atoms with van der Waals surface area (Å²) < 4.78 is 17.9. The van der Waals surface area contributed by atoms with E-state index in [4.69, 9.17) is 13.3 Å². The predicted molar refractivity (Wildman–Crippen MR) is 106 cm³/mol. The Balaban J connectivity index is 3.92. The van der Waals surface area contributed by atoms with Gasteiger partial charge in [0.25, 0.3) is 0 Å². The highest BCUT2D eigenvalue weighted by Gasteiger charge is 2.37. The summed E-state index contributed by atoms with van der Waals surface area (Å²) >= 11 is 0. The number of unbranched alkanes of at least 4 members (excludes halogenated alkanes) is 10. The third-order valence-corrected chi connectivity index (χ3v) is 6.60. The highest BCUT2D eigenvalue weighted by atomic mass is 28.4. The summed E-state index contributed by atoms with van der Waals surface area (Å²) in [7, 11) is -2.66. The summed E-state index contributed by atoms with van der Waals surface area (Å²) in [4.78, 5) is 0. The molecular weight excluding hydrogens is 316 g/mol. The minimum Gasteiger partial charge on any atom is -0.371 e. The van der Waals surface area contributed by atoms with Crippen LogP contribution in [0, 0.1) is 0 Å². The molecule has 0 bridgehead atoms. The van der Waals surface area contributed by atoms with Gasteiger partial charge in [0.15, 0.2) is 0 Å². The molecule has 0 aromatic carbocycles. The van der Waals surface area contributed by atoms with Crippen molar-refractivity contribution in [3.63, 3.8) is 0 Å². The lowest BCUT2D eigenvalue weighted by molar-refractivity contribution is 0.0727. The van der Waals surface area contributed by atoms with Gasteiger partial charge in [-0.2, -0.15) is 0 Å². The second-order valence-electron chi connectivity index (χ2n) is 6.47. The van der Waals surface area contributed by atoms with Gasteiger partial charge in [0.2, 0.25) is 0 Å². The lowest BCUT2D eigenvalue weighted by Crippen LogP contribution is -2.44. The standard InChI is InChI=1S/C20H42O3Si/c1-5-9-11-13-15-17-19-22-24(8-4,21-7-3)23-20-18-16-14-12-10-6-2/h8H,4-7,9-20H2,1-3H3. The zero-order chi connectivity index (χ0) is 17.9. The molecule has 0 aromatic heterocycles. The van der Waals surface area contributed by atoms with Gasteiger partial charge in [-0.05, 0) is 25.5 Å². The van der Waals surface area contributed by atoms with Crippen molar-refractivity contribution in [2.75, 3.05) is 19.8 Å². The molecule has 3 nitrogen and oxygen atoms in total. The average Bonchev–Trinajstić information content (AvgIpc) is 2.60. The Morgan fingerprint density at radius 2 is 1.04 bits per heavy atom. The fraction of sp³-hybridized carbons (Fsp3) is 0.900. The summed E-state index contributed by atoms with van der Waals surface area (Å²) in [5, 5.41) is 0. The van der Waals surface area contributed by atoms with Crippen LogP contribution < -0.4 is 0 Å². The maximum absolute atomic E-state index is 6.05. The molecule has 0 aliphatic heterocycles. The van der Waals surface area contributed by atoms with Gasteiger partial charge in [0, 0.05) is 19.8 Å². The molecule has 0 saturated heterocycles. The maximum atomic E-state index is 6.05. The van der Waals surface area contributed by atoms with Crippen LogP contribution in [0.1, 0.15) is 97.8 Å². The van der Waals surface area contributed by atoms with Crippen LogP contribution in [-0.2, 0) is 13.3 Å². The predicted octanol–water partition coefficient (Wildman–Crippen LogP) is 6.44. The third-order valence-electron chi connectivity index (χ3n) is 4.20. The molecule has 0 aliphatic carbocycles. The Hall–Kier alpha value is -0.163. The Morgan fingerprint density at radius 3 is 1.42 bits per heavy atom. The second kappa shape index (κ2) is 17.7. The van der Waals surface area contributed by atoms with Gasteiger partial charge in [-0.1, -0.05) is 84.6 Å². The van der Waals surface area contributed by atoms with Crippen molar-refractivity contribution in [3.05, 3.63) is 12.3 Å². The van der Waals surface area contributed by atoms with E-state index in [1.54, 1.807) is 5.70 Å². The van der Waals surface area contributed by atoms with E-state index in [1.165, 1.54) is 64.2 Å². The van der Waals surface area contributed by atoms with Gasteiger partial charge in [0.1, 0.15) is 0 Å². The van der Waals surface area contributed by atoms with Crippen LogP contribution >= 0.6 is 0 Å². The summed E-state index contributed by atoms with van der Waals surface area (Å²) in [6, 6.07) is 0. The summed E-state index contributed by atoms with van der Waals surface area (Å²) in [6.07, 6.45) is 15.1. The monoisotopic (exact) mass is 358 g/mol. The average molecular weight is 359 g/mol. The van der Waals surface area contributed by atoms with Crippen molar-refractivity contribution in [2.45, 2.75) is 97.8 Å². The van der Waals surface area contributed by atoms with Crippen LogP contribution in [0.25, 0.3) is 0 Å². The molecule has 0 radical (unpaired) electrons. The third kappa shape index (κ3) is 13.2. The molecule has 0 unspecified atom stereocenters. The van der Waals surface area contributed by atoms with Crippen molar-refractivity contribution in [2.24, 2.45) is 0 Å². The molecule has 0 heterocycles. The lowest BCUT2D eigenvalue weighted by Gasteiger charge is -2.26. The van der Waals surface area contributed by atoms with Gasteiger partial charge in [-0.15, -0.1) is 0 Å². The number of rotatable bonds is 19. The molecule has 0 saturated carbocycles. The quantitative estimate of drug-likeness (QED) is 0.196. The van der Waals surface area contributed by atoms with Crippen LogP contribution in [0.3, 0.4) is 0 Å². The molecule has 0 aliphatic rings. The fourth-order valence-electron chi connectivity index (χ4n) is 2.70. The second-order valence-corrected chi connectivity index (χ2v) is 8.95. The first-order valence-corrected chi connectivity index (χ1v) is 12.1. The van der Waals surface area contributed by atoms with Crippen LogP contribution in [0.2, 0.25) is 0 Å². The largest absolute Gasteiger partial charge is 0.529 e. The van der Waals surface area contributed by atoms with E-state index in [-0.39, 0.29) is 0 Å². The topological polar surface area (TPSA) is 27.7 Å². The van der Waals surface area contributed by atoms with Gasteiger partial charge in [0.05, 0.1) is 0 Å².